The fraction of sp³-hybridized carbons (Fsp3) is 0.600. The maximum absolute atomic E-state index is 14.9. The summed E-state index contributed by atoms with van der Waals surface area (Å²) in [6.45, 7) is 1.91. The molecule has 4 aliphatic rings. The predicted molar refractivity (Wildman–Crippen MR) is 124 cm³/mol. The topological polar surface area (TPSA) is 114 Å². The molecule has 12 heteroatoms. The number of benzene rings is 1. The van der Waals surface area contributed by atoms with Crippen LogP contribution in [-0.2, 0) is 14.4 Å². The standard InChI is InChI=1S/C25H29F4N5O3/c1-13(32-20-10-15(26)4-7-19(20)27)24(37)34-17-5-6-18(25(28,29)11-17)21(34)23(36)33-16(12-30)9-14-3-2-8-31-22(14)35/h4,7,10,13-14,16-18,21,32H,2-3,5-6,8-9,11H2,1H3,(H,31,35)(H,33,36)/t13-,14-,16+,17-,18-,21+/m1/s1. The van der Waals surface area contributed by atoms with E-state index in [-0.39, 0.29) is 30.9 Å². The van der Waals surface area contributed by atoms with Crippen molar-refractivity contribution in [3.05, 3.63) is 29.8 Å². The number of halogens is 4. The third kappa shape index (κ3) is 5.50. The molecule has 1 aromatic carbocycles. The number of anilines is 1. The third-order valence-corrected chi connectivity index (χ3v) is 7.52. The Balaban J connectivity index is 1.54. The van der Waals surface area contributed by atoms with Gasteiger partial charge in [-0.15, -0.1) is 0 Å². The van der Waals surface area contributed by atoms with Crippen LogP contribution in [-0.4, -0.2) is 59.3 Å². The van der Waals surface area contributed by atoms with Gasteiger partial charge in [0.25, 0.3) is 5.92 Å². The molecule has 37 heavy (non-hydrogen) atoms. The Labute approximate surface area is 211 Å². The van der Waals surface area contributed by atoms with Gasteiger partial charge in [-0.25, -0.2) is 17.6 Å². The van der Waals surface area contributed by atoms with Crippen LogP contribution in [0.4, 0.5) is 23.2 Å². The smallest absolute Gasteiger partial charge is 0.255 e. The van der Waals surface area contributed by atoms with Crippen LogP contribution in [0.2, 0.25) is 0 Å². The third-order valence-electron chi connectivity index (χ3n) is 7.52. The summed E-state index contributed by atoms with van der Waals surface area (Å²) in [5, 5.41) is 17.4. The summed E-state index contributed by atoms with van der Waals surface area (Å²) in [5.74, 6) is -8.52. The van der Waals surface area contributed by atoms with Crippen molar-refractivity contribution in [1.82, 2.24) is 15.5 Å². The van der Waals surface area contributed by atoms with Crippen LogP contribution in [0.15, 0.2) is 18.2 Å². The van der Waals surface area contributed by atoms with E-state index in [1.165, 1.54) is 6.92 Å². The maximum Gasteiger partial charge on any atom is 0.255 e. The minimum atomic E-state index is -3.20. The van der Waals surface area contributed by atoms with Gasteiger partial charge in [-0.05, 0) is 57.2 Å². The number of piperidine rings is 3. The molecule has 1 saturated carbocycles. The van der Waals surface area contributed by atoms with Crippen molar-refractivity contribution in [2.75, 3.05) is 11.9 Å². The lowest BCUT2D eigenvalue weighted by molar-refractivity contribution is -0.194. The SMILES string of the molecule is C[C@@H](Nc1cc(F)ccc1F)C(=O)N1[C@@H]2CC[C@H]([C@H]1C(=O)N[C@H](C#N)C[C@H]1CCCNC1=O)C(F)(F)C2. The number of fused-ring (bicyclic) bond motifs is 3. The van der Waals surface area contributed by atoms with Crippen molar-refractivity contribution >= 4 is 23.4 Å². The number of nitriles is 1. The van der Waals surface area contributed by atoms with Crippen molar-refractivity contribution < 1.29 is 31.9 Å². The maximum atomic E-state index is 14.9. The van der Waals surface area contributed by atoms with Crippen LogP contribution in [0.3, 0.4) is 0 Å². The van der Waals surface area contributed by atoms with E-state index in [0.29, 0.717) is 13.0 Å². The average Bonchev–Trinajstić information content (AvgIpc) is 2.85. The number of carbonyl (C=O) groups excluding carboxylic acids is 3. The Morgan fingerprint density at radius 1 is 1.27 bits per heavy atom. The second kappa shape index (κ2) is 10.6. The molecule has 5 rings (SSSR count). The van der Waals surface area contributed by atoms with Crippen molar-refractivity contribution in [1.29, 1.82) is 5.26 Å². The zero-order chi connectivity index (χ0) is 26.9. The molecular weight excluding hydrogens is 494 g/mol. The molecule has 0 spiro atoms. The molecule has 0 unspecified atom stereocenters. The lowest BCUT2D eigenvalue weighted by Gasteiger charge is -2.54. The van der Waals surface area contributed by atoms with E-state index < -0.39 is 71.8 Å². The highest BCUT2D eigenvalue weighted by Crippen LogP contribution is 2.49. The number of hydrogen-bond donors (Lipinski definition) is 3. The highest BCUT2D eigenvalue weighted by molar-refractivity contribution is 5.92. The monoisotopic (exact) mass is 523 g/mol. The molecule has 1 aromatic rings. The molecule has 2 bridgehead atoms. The molecule has 4 fully saturated rings. The average molecular weight is 524 g/mol. The number of amides is 3. The molecule has 6 atom stereocenters. The molecule has 0 aromatic heterocycles. The van der Waals surface area contributed by atoms with Crippen molar-refractivity contribution in [2.45, 2.75) is 75.5 Å². The van der Waals surface area contributed by atoms with Crippen LogP contribution in [0.25, 0.3) is 0 Å². The van der Waals surface area contributed by atoms with Crippen molar-refractivity contribution in [3.8, 4) is 6.07 Å². The molecule has 3 amide bonds. The van der Waals surface area contributed by atoms with Crippen molar-refractivity contribution in [2.24, 2.45) is 11.8 Å². The minimum Gasteiger partial charge on any atom is -0.371 e. The summed E-state index contributed by atoms with van der Waals surface area (Å²) in [5.41, 5.74) is -0.273. The number of nitrogens with zero attached hydrogens (tertiary/aromatic N) is 2. The lowest BCUT2D eigenvalue weighted by atomic mass is 9.71. The van der Waals surface area contributed by atoms with Gasteiger partial charge in [0.15, 0.2) is 0 Å². The number of hydrogen-bond acceptors (Lipinski definition) is 5. The van der Waals surface area contributed by atoms with Gasteiger partial charge in [0, 0.05) is 24.9 Å². The predicted octanol–water partition coefficient (Wildman–Crippen LogP) is 2.70. The van der Waals surface area contributed by atoms with Gasteiger partial charge in [0.1, 0.15) is 29.8 Å². The Bertz CT molecular complexity index is 1110. The highest BCUT2D eigenvalue weighted by Gasteiger charge is 2.60. The first-order valence-electron chi connectivity index (χ1n) is 12.4. The van der Waals surface area contributed by atoms with Crippen LogP contribution in [0.5, 0.6) is 0 Å². The van der Waals surface area contributed by atoms with Gasteiger partial charge in [0.05, 0.1) is 17.7 Å². The summed E-state index contributed by atoms with van der Waals surface area (Å²) < 4.78 is 57.5. The minimum absolute atomic E-state index is 0.0160. The fourth-order valence-corrected chi connectivity index (χ4v) is 5.70. The van der Waals surface area contributed by atoms with Gasteiger partial charge in [0.2, 0.25) is 17.7 Å². The fourth-order valence-electron chi connectivity index (χ4n) is 5.70. The van der Waals surface area contributed by atoms with Gasteiger partial charge >= 0.3 is 0 Å². The second-order valence-corrected chi connectivity index (χ2v) is 10.0. The Morgan fingerprint density at radius 2 is 2.03 bits per heavy atom. The van der Waals surface area contributed by atoms with E-state index in [1.807, 2.05) is 6.07 Å². The van der Waals surface area contributed by atoms with Gasteiger partial charge < -0.3 is 20.9 Å². The zero-order valence-corrected chi connectivity index (χ0v) is 20.3. The zero-order valence-electron chi connectivity index (χ0n) is 20.3. The van der Waals surface area contributed by atoms with E-state index in [9.17, 15) is 37.2 Å². The first-order chi connectivity index (χ1) is 17.5. The normalized spacial score (nSPS) is 28.0. The van der Waals surface area contributed by atoms with E-state index >= 15 is 0 Å². The van der Waals surface area contributed by atoms with Crippen molar-refractivity contribution in [3.63, 3.8) is 0 Å². The molecular formula is C25H29F4N5O3. The molecule has 3 heterocycles. The van der Waals surface area contributed by atoms with E-state index in [2.05, 4.69) is 16.0 Å². The molecule has 0 radical (unpaired) electrons. The summed E-state index contributed by atoms with van der Waals surface area (Å²) in [6.07, 6.45) is 0.952. The molecule has 3 N–H and O–H groups in total. The van der Waals surface area contributed by atoms with E-state index in [0.717, 1.165) is 29.5 Å². The number of rotatable bonds is 7. The second-order valence-electron chi connectivity index (χ2n) is 10.0. The van der Waals surface area contributed by atoms with Crippen LogP contribution < -0.4 is 16.0 Å². The summed E-state index contributed by atoms with van der Waals surface area (Å²) in [7, 11) is 0. The van der Waals surface area contributed by atoms with E-state index in [4.69, 9.17) is 0 Å². The van der Waals surface area contributed by atoms with E-state index in [1.54, 1.807) is 0 Å². The lowest BCUT2D eigenvalue weighted by Crippen LogP contribution is -2.70. The van der Waals surface area contributed by atoms with Crippen LogP contribution in [0, 0.1) is 34.8 Å². The first-order valence-corrected chi connectivity index (χ1v) is 12.4. The molecule has 1 aliphatic carbocycles. The number of alkyl halides is 2. The summed E-state index contributed by atoms with van der Waals surface area (Å²) in [4.78, 5) is 40.0. The van der Waals surface area contributed by atoms with Gasteiger partial charge in [-0.1, -0.05) is 0 Å². The number of carbonyl (C=O) groups is 3. The van der Waals surface area contributed by atoms with Crippen LogP contribution >= 0.6 is 0 Å². The molecule has 8 nitrogen and oxygen atoms in total. The van der Waals surface area contributed by atoms with Gasteiger partial charge in [-0.2, -0.15) is 5.26 Å². The molecule has 200 valence electrons. The Kier molecular flexibility index (Phi) is 7.62. The molecule has 3 aliphatic heterocycles. The summed E-state index contributed by atoms with van der Waals surface area (Å²) >= 11 is 0. The summed E-state index contributed by atoms with van der Waals surface area (Å²) in [6, 6.07) is -0.139. The Hall–Kier alpha value is -3.36. The number of nitrogens with one attached hydrogen (secondary N) is 3. The highest BCUT2D eigenvalue weighted by atomic mass is 19.3. The Morgan fingerprint density at radius 3 is 2.70 bits per heavy atom. The first kappa shape index (κ1) is 26.7. The largest absolute Gasteiger partial charge is 0.371 e. The van der Waals surface area contributed by atoms with Gasteiger partial charge in [-0.3, -0.25) is 14.4 Å². The van der Waals surface area contributed by atoms with Crippen LogP contribution in [0.1, 0.15) is 45.4 Å². The molecule has 3 saturated heterocycles. The quantitative estimate of drug-likeness (QED) is 0.476.